The van der Waals surface area contributed by atoms with E-state index in [1.165, 1.54) is 5.56 Å². The van der Waals surface area contributed by atoms with E-state index in [0.29, 0.717) is 5.75 Å². The standard InChI is InChI=1S/C27H42N2O2/c1-17(19(3)30)18(2)29-24-13-11-10-12-23(24)28-16-20-14-21(26(4,5)6)15-22(25(20)31)27(7,8)9/h14-16,23-24,29,31H,10-13H2,1-9H3. The number of nitrogens with zero attached hydrogens (tertiary/aromatic N) is 1. The van der Waals surface area contributed by atoms with Crippen LogP contribution in [-0.4, -0.2) is 29.2 Å². The molecule has 1 saturated carbocycles. The van der Waals surface area contributed by atoms with Crippen LogP contribution in [0, 0.1) is 0 Å². The van der Waals surface area contributed by atoms with Crippen LogP contribution in [-0.2, 0) is 15.6 Å². The van der Waals surface area contributed by atoms with Gasteiger partial charge in [-0.25, -0.2) is 0 Å². The third kappa shape index (κ3) is 6.44. The Morgan fingerprint density at radius 3 is 2.19 bits per heavy atom. The minimum atomic E-state index is -0.158. The second kappa shape index (κ2) is 9.58. The summed E-state index contributed by atoms with van der Waals surface area (Å²) in [4.78, 5) is 16.7. The average Bonchev–Trinajstić information content (AvgIpc) is 2.65. The molecule has 4 nitrogen and oxygen atoms in total. The fourth-order valence-electron chi connectivity index (χ4n) is 4.04. The van der Waals surface area contributed by atoms with Gasteiger partial charge >= 0.3 is 0 Å². The van der Waals surface area contributed by atoms with Crippen molar-refractivity contribution in [2.24, 2.45) is 4.99 Å². The Kier molecular flexibility index (Phi) is 7.78. The first kappa shape index (κ1) is 25.2. The van der Waals surface area contributed by atoms with Crippen molar-refractivity contribution in [3.05, 3.63) is 40.1 Å². The lowest BCUT2D eigenvalue weighted by molar-refractivity contribution is -0.113. The predicted octanol–water partition coefficient (Wildman–Crippen LogP) is 6.19. The summed E-state index contributed by atoms with van der Waals surface area (Å²) < 4.78 is 0. The van der Waals surface area contributed by atoms with Crippen molar-refractivity contribution < 1.29 is 9.90 Å². The monoisotopic (exact) mass is 426 g/mol. The molecule has 2 N–H and O–H groups in total. The highest BCUT2D eigenvalue weighted by Crippen LogP contribution is 2.37. The number of rotatable bonds is 5. The van der Waals surface area contributed by atoms with Crippen LogP contribution in [0.5, 0.6) is 5.75 Å². The molecule has 31 heavy (non-hydrogen) atoms. The highest BCUT2D eigenvalue weighted by Gasteiger charge is 2.27. The molecule has 0 aromatic heterocycles. The number of aliphatic imine (C=N–C) groups is 1. The zero-order chi connectivity index (χ0) is 23.6. The maximum Gasteiger partial charge on any atom is 0.157 e. The van der Waals surface area contributed by atoms with Crippen LogP contribution >= 0.6 is 0 Å². The Bertz CT molecular complexity index is 866. The molecule has 0 amide bonds. The Labute approximate surface area is 189 Å². The fourth-order valence-corrected chi connectivity index (χ4v) is 4.04. The van der Waals surface area contributed by atoms with Gasteiger partial charge < -0.3 is 10.4 Å². The predicted molar refractivity (Wildman–Crippen MR) is 131 cm³/mol. The van der Waals surface area contributed by atoms with Gasteiger partial charge in [0.25, 0.3) is 0 Å². The van der Waals surface area contributed by atoms with Crippen molar-refractivity contribution in [1.82, 2.24) is 5.32 Å². The quantitative estimate of drug-likeness (QED) is 0.436. The van der Waals surface area contributed by atoms with Crippen LogP contribution in [0.1, 0.15) is 105 Å². The number of hydrogen-bond donors (Lipinski definition) is 2. The molecule has 1 fully saturated rings. The van der Waals surface area contributed by atoms with Gasteiger partial charge in [0.2, 0.25) is 0 Å². The normalized spacial score (nSPS) is 21.2. The number of nitrogens with one attached hydrogen (secondary N) is 1. The summed E-state index contributed by atoms with van der Waals surface area (Å²) in [6.07, 6.45) is 6.21. The number of carbonyl (C=O) groups excluding carboxylic acids is 1. The zero-order valence-corrected chi connectivity index (χ0v) is 21.0. The molecule has 0 aliphatic heterocycles. The number of ketones is 1. The van der Waals surface area contributed by atoms with E-state index in [4.69, 9.17) is 4.99 Å². The smallest absolute Gasteiger partial charge is 0.157 e. The second-order valence-corrected chi connectivity index (χ2v) is 11.1. The Morgan fingerprint density at radius 2 is 1.65 bits per heavy atom. The number of phenolic OH excluding ortho intramolecular Hbond substituents is 1. The van der Waals surface area contributed by atoms with Crippen molar-refractivity contribution in [2.75, 3.05) is 0 Å². The van der Waals surface area contributed by atoms with E-state index in [0.717, 1.165) is 48.1 Å². The van der Waals surface area contributed by atoms with Crippen LogP contribution in [0.25, 0.3) is 0 Å². The number of aromatic hydroxyl groups is 1. The maximum atomic E-state index is 11.7. The molecule has 0 heterocycles. The van der Waals surface area contributed by atoms with Gasteiger partial charge in [-0.15, -0.1) is 0 Å². The first-order valence-electron chi connectivity index (χ1n) is 11.6. The first-order valence-corrected chi connectivity index (χ1v) is 11.6. The molecule has 1 aromatic rings. The molecule has 0 bridgehead atoms. The molecule has 0 saturated heterocycles. The van der Waals surface area contributed by atoms with Crippen molar-refractivity contribution in [1.29, 1.82) is 0 Å². The number of Topliss-reactive ketones (excluding diaryl/α,β-unsaturated/α-hetero) is 1. The summed E-state index contributed by atoms with van der Waals surface area (Å²) in [5, 5.41) is 14.6. The van der Waals surface area contributed by atoms with Crippen molar-refractivity contribution in [3.63, 3.8) is 0 Å². The van der Waals surface area contributed by atoms with Gasteiger partial charge in [-0.3, -0.25) is 9.79 Å². The molecule has 4 heteroatoms. The SMILES string of the molecule is CC(=O)C(C)=C(C)NC1CCCCC1N=Cc1cc(C(C)(C)C)cc(C(C)(C)C)c1O. The minimum absolute atomic E-state index is 0.0165. The molecule has 2 unspecified atom stereocenters. The number of hydrogen-bond acceptors (Lipinski definition) is 4. The van der Waals surface area contributed by atoms with Crippen LogP contribution in [0.4, 0.5) is 0 Å². The van der Waals surface area contributed by atoms with Gasteiger partial charge in [0.05, 0.1) is 6.04 Å². The lowest BCUT2D eigenvalue weighted by atomic mass is 9.79. The lowest BCUT2D eigenvalue weighted by Crippen LogP contribution is -2.40. The van der Waals surface area contributed by atoms with E-state index in [-0.39, 0.29) is 28.7 Å². The van der Waals surface area contributed by atoms with Crippen molar-refractivity contribution >= 4 is 12.0 Å². The van der Waals surface area contributed by atoms with E-state index >= 15 is 0 Å². The Morgan fingerprint density at radius 1 is 1.03 bits per heavy atom. The van der Waals surface area contributed by atoms with E-state index in [1.807, 2.05) is 20.1 Å². The van der Waals surface area contributed by atoms with Crippen LogP contribution in [0.3, 0.4) is 0 Å². The van der Waals surface area contributed by atoms with Gasteiger partial charge in [0, 0.05) is 34.7 Å². The summed E-state index contributed by atoms with van der Waals surface area (Å²) in [7, 11) is 0. The maximum absolute atomic E-state index is 11.7. The third-order valence-corrected chi connectivity index (χ3v) is 6.44. The highest BCUT2D eigenvalue weighted by molar-refractivity contribution is 5.93. The molecular formula is C27H42N2O2. The van der Waals surface area contributed by atoms with Crippen molar-refractivity contribution in [3.8, 4) is 5.75 Å². The van der Waals surface area contributed by atoms with E-state index in [1.54, 1.807) is 6.92 Å². The largest absolute Gasteiger partial charge is 0.507 e. The van der Waals surface area contributed by atoms with Gasteiger partial charge in [-0.1, -0.05) is 60.5 Å². The molecule has 1 aromatic carbocycles. The fraction of sp³-hybridized carbons (Fsp3) is 0.630. The summed E-state index contributed by atoms with van der Waals surface area (Å²) in [5.41, 5.74) is 4.48. The zero-order valence-electron chi connectivity index (χ0n) is 21.0. The van der Waals surface area contributed by atoms with E-state index < -0.39 is 0 Å². The third-order valence-electron chi connectivity index (χ3n) is 6.44. The van der Waals surface area contributed by atoms with E-state index in [2.05, 4.69) is 59.0 Å². The molecule has 2 rings (SSSR count). The number of benzene rings is 1. The average molecular weight is 427 g/mol. The number of carbonyl (C=O) groups is 1. The van der Waals surface area contributed by atoms with Crippen LogP contribution < -0.4 is 5.32 Å². The Hall–Kier alpha value is -2.10. The number of phenols is 1. The second-order valence-electron chi connectivity index (χ2n) is 11.1. The molecule has 1 aliphatic carbocycles. The van der Waals surface area contributed by atoms with Gasteiger partial charge in [0.15, 0.2) is 5.78 Å². The summed E-state index contributed by atoms with van der Waals surface area (Å²) in [6.45, 7) is 18.4. The van der Waals surface area contributed by atoms with Gasteiger partial charge in [0.1, 0.15) is 5.75 Å². The molecule has 0 spiro atoms. The topological polar surface area (TPSA) is 61.7 Å². The molecule has 1 aliphatic rings. The molecule has 172 valence electrons. The minimum Gasteiger partial charge on any atom is -0.507 e. The van der Waals surface area contributed by atoms with Gasteiger partial charge in [-0.05, 0) is 56.1 Å². The summed E-state index contributed by atoms with van der Waals surface area (Å²) in [5.74, 6) is 0.424. The summed E-state index contributed by atoms with van der Waals surface area (Å²) >= 11 is 0. The Balaban J connectivity index is 2.40. The molecule has 0 radical (unpaired) electrons. The number of allylic oxidation sites excluding steroid dienone is 2. The van der Waals surface area contributed by atoms with Crippen LogP contribution in [0.15, 0.2) is 28.4 Å². The van der Waals surface area contributed by atoms with Crippen LogP contribution in [0.2, 0.25) is 0 Å². The van der Waals surface area contributed by atoms with Gasteiger partial charge in [-0.2, -0.15) is 0 Å². The molecular weight excluding hydrogens is 384 g/mol. The molecule has 2 atom stereocenters. The van der Waals surface area contributed by atoms with E-state index in [9.17, 15) is 9.90 Å². The lowest BCUT2D eigenvalue weighted by Gasteiger charge is -2.31. The van der Waals surface area contributed by atoms with Crippen molar-refractivity contribution in [2.45, 2.75) is 111 Å². The first-order chi connectivity index (χ1) is 14.2. The summed E-state index contributed by atoms with van der Waals surface area (Å²) in [6, 6.07) is 4.54. The highest BCUT2D eigenvalue weighted by atomic mass is 16.3.